The van der Waals surface area contributed by atoms with E-state index in [1.165, 1.54) is 77.0 Å². The molecule has 1 rings (SSSR count). The molecule has 0 saturated carbocycles. The van der Waals surface area contributed by atoms with Crippen LogP contribution in [0.3, 0.4) is 0 Å². The maximum atomic E-state index is 12.5. The molecule has 1 fully saturated rings. The summed E-state index contributed by atoms with van der Waals surface area (Å²) >= 11 is 0. The average molecular weight is 647 g/mol. The van der Waals surface area contributed by atoms with Crippen molar-refractivity contribution in [1.29, 1.82) is 0 Å². The molecule has 0 amide bonds. The summed E-state index contributed by atoms with van der Waals surface area (Å²) in [6.07, 6.45) is 16.0. The van der Waals surface area contributed by atoms with Gasteiger partial charge in [0.15, 0.2) is 12.4 Å². The van der Waals surface area contributed by atoms with Gasteiger partial charge in [-0.05, 0) is 12.8 Å². The topological polar surface area (TPSA) is 152 Å². The highest BCUT2D eigenvalue weighted by Gasteiger charge is 2.44. The minimum atomic E-state index is -1.59. The third-order valence-electron chi connectivity index (χ3n) is 8.49. The number of hydrogen-bond acceptors (Lipinski definition) is 10. The van der Waals surface area contributed by atoms with E-state index in [0.717, 1.165) is 44.9 Å². The molecular formula is C35H66O10. The van der Waals surface area contributed by atoms with E-state index >= 15 is 0 Å². The Kier molecular flexibility index (Phi) is 25.8. The standard InChI is InChI=1S/C35H66O10/c1-3-5-7-9-10-11-12-13-14-15-16-17-18-20-21-23-30(37)42-26-28(44-31(38)24-22-19-8-6-4-2)27-43-35-34(41)33(40)32(39)29(25-36)45-35/h28-29,32-36,39-41H,3-27H2,1-2H3/t28-,29-,32+,33+,34-,35-/m1/s1. The quantitative estimate of drug-likeness (QED) is 0.0573. The summed E-state index contributed by atoms with van der Waals surface area (Å²) in [6, 6.07) is 0. The van der Waals surface area contributed by atoms with Crippen molar-refractivity contribution < 1.29 is 49.0 Å². The maximum absolute atomic E-state index is 12.5. The number of aliphatic hydroxyl groups excluding tert-OH is 4. The summed E-state index contributed by atoms with van der Waals surface area (Å²) in [5.41, 5.74) is 0. The summed E-state index contributed by atoms with van der Waals surface area (Å²) in [5, 5.41) is 39.7. The maximum Gasteiger partial charge on any atom is 0.306 e. The Morgan fingerprint density at radius 1 is 0.600 bits per heavy atom. The summed E-state index contributed by atoms with van der Waals surface area (Å²) in [6.45, 7) is 3.31. The fourth-order valence-corrected chi connectivity index (χ4v) is 5.54. The fourth-order valence-electron chi connectivity index (χ4n) is 5.54. The number of ether oxygens (including phenoxy) is 4. The number of carbonyl (C=O) groups excluding carboxylic acids is 2. The van der Waals surface area contributed by atoms with E-state index in [1.807, 2.05) is 0 Å². The fraction of sp³-hybridized carbons (Fsp3) is 0.943. The molecule has 0 unspecified atom stereocenters. The molecule has 0 spiro atoms. The molecule has 6 atom stereocenters. The van der Waals surface area contributed by atoms with Crippen molar-refractivity contribution >= 4 is 11.9 Å². The van der Waals surface area contributed by atoms with E-state index in [-0.39, 0.29) is 32.0 Å². The molecule has 266 valence electrons. The van der Waals surface area contributed by atoms with Crippen LogP contribution in [0.4, 0.5) is 0 Å². The van der Waals surface area contributed by atoms with Crippen LogP contribution in [0.2, 0.25) is 0 Å². The van der Waals surface area contributed by atoms with Crippen molar-refractivity contribution in [2.45, 2.75) is 192 Å². The summed E-state index contributed by atoms with van der Waals surface area (Å²) in [4.78, 5) is 24.9. The third-order valence-corrected chi connectivity index (χ3v) is 8.49. The van der Waals surface area contributed by atoms with Crippen LogP contribution in [-0.2, 0) is 28.5 Å². The molecule has 4 N–H and O–H groups in total. The first-order valence-corrected chi connectivity index (χ1v) is 18.1. The highest BCUT2D eigenvalue weighted by atomic mass is 16.7. The number of aliphatic hydroxyl groups is 4. The van der Waals surface area contributed by atoms with Crippen molar-refractivity contribution in [3.8, 4) is 0 Å². The van der Waals surface area contributed by atoms with Gasteiger partial charge in [-0.25, -0.2) is 0 Å². The van der Waals surface area contributed by atoms with Crippen LogP contribution >= 0.6 is 0 Å². The van der Waals surface area contributed by atoms with Crippen LogP contribution in [0.25, 0.3) is 0 Å². The van der Waals surface area contributed by atoms with E-state index in [2.05, 4.69) is 13.8 Å². The van der Waals surface area contributed by atoms with Crippen molar-refractivity contribution in [2.24, 2.45) is 0 Å². The Labute approximate surface area is 272 Å². The van der Waals surface area contributed by atoms with Crippen LogP contribution in [0.1, 0.15) is 155 Å². The lowest BCUT2D eigenvalue weighted by Crippen LogP contribution is -2.59. The second-order valence-electron chi connectivity index (χ2n) is 12.7. The van der Waals surface area contributed by atoms with Gasteiger partial charge >= 0.3 is 11.9 Å². The molecule has 0 bridgehead atoms. The highest BCUT2D eigenvalue weighted by molar-refractivity contribution is 5.70. The largest absolute Gasteiger partial charge is 0.462 e. The molecule has 0 aliphatic carbocycles. The van der Waals surface area contributed by atoms with Gasteiger partial charge in [-0.3, -0.25) is 9.59 Å². The van der Waals surface area contributed by atoms with Gasteiger partial charge in [-0.15, -0.1) is 0 Å². The smallest absolute Gasteiger partial charge is 0.306 e. The second-order valence-corrected chi connectivity index (χ2v) is 12.7. The number of unbranched alkanes of at least 4 members (excludes halogenated alkanes) is 18. The molecule has 1 saturated heterocycles. The molecule has 0 aromatic carbocycles. The van der Waals surface area contributed by atoms with Gasteiger partial charge in [0.05, 0.1) is 13.2 Å². The Balaban J connectivity index is 2.31. The molecule has 1 aliphatic rings. The second kappa shape index (κ2) is 27.8. The minimum absolute atomic E-state index is 0.212. The number of hydrogen-bond donors (Lipinski definition) is 4. The Bertz CT molecular complexity index is 719. The Hall–Kier alpha value is -1.30. The van der Waals surface area contributed by atoms with Crippen molar-refractivity contribution in [3.05, 3.63) is 0 Å². The van der Waals surface area contributed by atoms with Crippen molar-refractivity contribution in [3.63, 3.8) is 0 Å². The van der Waals surface area contributed by atoms with Crippen LogP contribution in [0.15, 0.2) is 0 Å². The molecule has 10 heteroatoms. The minimum Gasteiger partial charge on any atom is -0.462 e. The summed E-state index contributed by atoms with van der Waals surface area (Å²) < 4.78 is 21.9. The Morgan fingerprint density at radius 2 is 1.04 bits per heavy atom. The van der Waals surface area contributed by atoms with Gasteiger partial charge < -0.3 is 39.4 Å². The molecule has 1 heterocycles. The zero-order chi connectivity index (χ0) is 33.1. The van der Waals surface area contributed by atoms with E-state index in [1.54, 1.807) is 0 Å². The molecule has 10 nitrogen and oxygen atoms in total. The first-order valence-electron chi connectivity index (χ1n) is 18.1. The predicted molar refractivity (Wildman–Crippen MR) is 173 cm³/mol. The van der Waals surface area contributed by atoms with Crippen LogP contribution < -0.4 is 0 Å². The van der Waals surface area contributed by atoms with Crippen LogP contribution in [0, 0.1) is 0 Å². The lowest BCUT2D eigenvalue weighted by Gasteiger charge is -2.39. The van der Waals surface area contributed by atoms with Gasteiger partial charge in [0.1, 0.15) is 31.0 Å². The lowest BCUT2D eigenvalue weighted by molar-refractivity contribution is -0.305. The number of carbonyl (C=O) groups is 2. The number of rotatable bonds is 29. The summed E-state index contributed by atoms with van der Waals surface area (Å²) in [7, 11) is 0. The molecule has 0 aromatic rings. The SMILES string of the molecule is CCCCCCCCCCCCCCCCCC(=O)OC[C@H](CO[C@@H]1O[C@H](CO)[C@H](O)[C@H](O)[C@H]1O)OC(=O)CCCCCCC. The van der Waals surface area contributed by atoms with Gasteiger partial charge in [0.25, 0.3) is 0 Å². The number of esters is 2. The first kappa shape index (κ1) is 41.7. The summed E-state index contributed by atoms with van der Waals surface area (Å²) in [5.74, 6) is -0.814. The molecule has 0 radical (unpaired) electrons. The van der Waals surface area contributed by atoms with Crippen LogP contribution in [-0.4, -0.2) is 89.0 Å². The van der Waals surface area contributed by atoms with E-state index < -0.39 is 49.4 Å². The zero-order valence-corrected chi connectivity index (χ0v) is 28.4. The lowest BCUT2D eigenvalue weighted by atomic mass is 9.99. The Morgan fingerprint density at radius 3 is 1.51 bits per heavy atom. The van der Waals surface area contributed by atoms with Crippen molar-refractivity contribution in [2.75, 3.05) is 19.8 Å². The first-order chi connectivity index (χ1) is 21.8. The van der Waals surface area contributed by atoms with Crippen molar-refractivity contribution in [1.82, 2.24) is 0 Å². The molecular weight excluding hydrogens is 580 g/mol. The predicted octanol–water partition coefficient (Wildman–Crippen LogP) is 5.88. The van der Waals surface area contributed by atoms with Gasteiger partial charge in [0, 0.05) is 12.8 Å². The molecule has 45 heavy (non-hydrogen) atoms. The zero-order valence-electron chi connectivity index (χ0n) is 28.4. The normalized spacial score (nSPS) is 22.3. The average Bonchev–Trinajstić information content (AvgIpc) is 3.03. The molecule has 1 aliphatic heterocycles. The molecule has 0 aromatic heterocycles. The third kappa shape index (κ3) is 20.5. The van der Waals surface area contributed by atoms with Gasteiger partial charge in [-0.1, -0.05) is 129 Å². The van der Waals surface area contributed by atoms with E-state index in [0.29, 0.717) is 6.42 Å². The van der Waals surface area contributed by atoms with Gasteiger partial charge in [-0.2, -0.15) is 0 Å². The highest BCUT2D eigenvalue weighted by Crippen LogP contribution is 2.22. The van der Waals surface area contributed by atoms with E-state index in [4.69, 9.17) is 18.9 Å². The van der Waals surface area contributed by atoms with Gasteiger partial charge in [0.2, 0.25) is 0 Å². The van der Waals surface area contributed by atoms with Crippen LogP contribution in [0.5, 0.6) is 0 Å². The monoisotopic (exact) mass is 646 g/mol. The van der Waals surface area contributed by atoms with E-state index in [9.17, 15) is 30.0 Å².